The third kappa shape index (κ3) is 2.06. The van der Waals surface area contributed by atoms with Crippen LogP contribution in [0.2, 0.25) is 5.02 Å². The van der Waals surface area contributed by atoms with Gasteiger partial charge in [-0.25, -0.2) is 14.6 Å². The van der Waals surface area contributed by atoms with Gasteiger partial charge in [-0.05, 0) is 27.7 Å². The van der Waals surface area contributed by atoms with E-state index in [2.05, 4.69) is 20.4 Å². The van der Waals surface area contributed by atoms with Crippen LogP contribution in [0.1, 0.15) is 23.9 Å². The third-order valence-corrected chi connectivity index (χ3v) is 3.35. The monoisotopic (exact) mass is 265 g/mol. The standard InChI is InChI=1S/C12H16ClN5/c1-5-14-11-7(2)12(16-6-15-11)18-9(4)10(13)8(3)17-18/h6H,5H2,1-4H3,(H,14,15,16). The number of halogens is 1. The van der Waals surface area contributed by atoms with Crippen molar-refractivity contribution in [1.82, 2.24) is 19.7 Å². The number of nitrogens with zero attached hydrogens (tertiary/aromatic N) is 4. The van der Waals surface area contributed by atoms with Crippen molar-refractivity contribution in [1.29, 1.82) is 0 Å². The number of anilines is 1. The molecule has 0 saturated heterocycles. The molecule has 18 heavy (non-hydrogen) atoms. The zero-order valence-electron chi connectivity index (χ0n) is 11.0. The van der Waals surface area contributed by atoms with Crippen LogP contribution in [0.25, 0.3) is 5.82 Å². The zero-order chi connectivity index (χ0) is 13.3. The van der Waals surface area contributed by atoms with Crippen LogP contribution in [-0.2, 0) is 0 Å². The molecule has 0 fully saturated rings. The molecule has 0 radical (unpaired) electrons. The molecule has 1 N–H and O–H groups in total. The first kappa shape index (κ1) is 12.8. The topological polar surface area (TPSA) is 55.6 Å². The lowest BCUT2D eigenvalue weighted by atomic mass is 10.3. The maximum atomic E-state index is 6.16. The van der Waals surface area contributed by atoms with Gasteiger partial charge in [0.2, 0.25) is 0 Å². The number of hydrogen-bond acceptors (Lipinski definition) is 4. The van der Waals surface area contributed by atoms with Gasteiger partial charge in [-0.1, -0.05) is 11.6 Å². The Balaban J connectivity index is 2.57. The lowest BCUT2D eigenvalue weighted by Gasteiger charge is -2.11. The van der Waals surface area contributed by atoms with E-state index >= 15 is 0 Å². The Morgan fingerprint density at radius 3 is 2.56 bits per heavy atom. The summed E-state index contributed by atoms with van der Waals surface area (Å²) in [5.74, 6) is 1.58. The average molecular weight is 266 g/mol. The molecule has 0 aliphatic carbocycles. The summed E-state index contributed by atoms with van der Waals surface area (Å²) in [5, 5.41) is 8.29. The highest BCUT2D eigenvalue weighted by Crippen LogP contribution is 2.24. The number of hydrogen-bond donors (Lipinski definition) is 1. The van der Waals surface area contributed by atoms with E-state index in [0.717, 1.165) is 35.1 Å². The molecule has 2 aromatic heterocycles. The van der Waals surface area contributed by atoms with Gasteiger partial charge in [0.15, 0.2) is 5.82 Å². The Morgan fingerprint density at radius 2 is 2.00 bits per heavy atom. The first-order chi connectivity index (χ1) is 8.56. The maximum absolute atomic E-state index is 6.16. The second kappa shape index (κ2) is 4.94. The van der Waals surface area contributed by atoms with E-state index in [0.29, 0.717) is 5.02 Å². The van der Waals surface area contributed by atoms with Gasteiger partial charge in [0.1, 0.15) is 12.1 Å². The minimum Gasteiger partial charge on any atom is -0.370 e. The van der Waals surface area contributed by atoms with Crippen LogP contribution < -0.4 is 5.32 Å². The summed E-state index contributed by atoms with van der Waals surface area (Å²) in [4.78, 5) is 8.51. The third-order valence-electron chi connectivity index (χ3n) is 2.81. The van der Waals surface area contributed by atoms with Crippen LogP contribution in [0, 0.1) is 20.8 Å². The Bertz CT molecular complexity index is 576. The van der Waals surface area contributed by atoms with Crippen LogP contribution in [0.4, 0.5) is 5.82 Å². The Kier molecular flexibility index (Phi) is 3.52. The normalized spacial score (nSPS) is 10.7. The average Bonchev–Trinajstić information content (AvgIpc) is 2.60. The fourth-order valence-corrected chi connectivity index (χ4v) is 1.95. The molecule has 0 amide bonds. The summed E-state index contributed by atoms with van der Waals surface area (Å²) in [5.41, 5.74) is 2.65. The summed E-state index contributed by atoms with van der Waals surface area (Å²) in [7, 11) is 0. The second-order valence-electron chi connectivity index (χ2n) is 4.10. The Hall–Kier alpha value is -1.62. The molecular weight excluding hydrogens is 250 g/mol. The highest BCUT2D eigenvalue weighted by molar-refractivity contribution is 6.31. The van der Waals surface area contributed by atoms with Gasteiger partial charge >= 0.3 is 0 Å². The fraction of sp³-hybridized carbons (Fsp3) is 0.417. The molecule has 5 nitrogen and oxygen atoms in total. The quantitative estimate of drug-likeness (QED) is 0.927. The predicted octanol–water partition coefficient (Wildman–Crippen LogP) is 2.67. The molecule has 6 heteroatoms. The van der Waals surface area contributed by atoms with Gasteiger partial charge in [-0.2, -0.15) is 5.10 Å². The lowest BCUT2D eigenvalue weighted by Crippen LogP contribution is -2.09. The second-order valence-corrected chi connectivity index (χ2v) is 4.48. The molecule has 0 bridgehead atoms. The van der Waals surface area contributed by atoms with E-state index in [1.807, 2.05) is 27.7 Å². The molecule has 2 rings (SSSR count). The van der Waals surface area contributed by atoms with Crippen molar-refractivity contribution < 1.29 is 0 Å². The van der Waals surface area contributed by atoms with Crippen molar-refractivity contribution in [3.8, 4) is 5.82 Å². The molecule has 0 aliphatic heterocycles. The van der Waals surface area contributed by atoms with Crippen LogP contribution in [0.15, 0.2) is 6.33 Å². The van der Waals surface area contributed by atoms with Gasteiger partial charge in [-0.3, -0.25) is 0 Å². The summed E-state index contributed by atoms with van der Waals surface area (Å²) in [6, 6.07) is 0. The molecule has 0 aromatic carbocycles. The van der Waals surface area contributed by atoms with Crippen molar-refractivity contribution in [2.75, 3.05) is 11.9 Å². The Morgan fingerprint density at radius 1 is 1.28 bits per heavy atom. The number of rotatable bonds is 3. The predicted molar refractivity (Wildman–Crippen MR) is 72.5 cm³/mol. The molecule has 2 aromatic rings. The zero-order valence-corrected chi connectivity index (χ0v) is 11.7. The first-order valence-electron chi connectivity index (χ1n) is 5.83. The smallest absolute Gasteiger partial charge is 0.162 e. The highest BCUT2D eigenvalue weighted by Gasteiger charge is 2.15. The maximum Gasteiger partial charge on any atom is 0.162 e. The molecule has 0 saturated carbocycles. The van der Waals surface area contributed by atoms with E-state index in [4.69, 9.17) is 11.6 Å². The summed E-state index contributed by atoms with van der Waals surface area (Å²) < 4.78 is 1.76. The molecular formula is C12H16ClN5. The van der Waals surface area contributed by atoms with Crippen molar-refractivity contribution in [2.45, 2.75) is 27.7 Å². The van der Waals surface area contributed by atoms with E-state index in [-0.39, 0.29) is 0 Å². The van der Waals surface area contributed by atoms with Crippen LogP contribution in [0.5, 0.6) is 0 Å². The number of aryl methyl sites for hydroxylation is 1. The van der Waals surface area contributed by atoms with E-state index < -0.39 is 0 Å². The minimum atomic E-state index is 0.679. The van der Waals surface area contributed by atoms with Crippen LogP contribution in [-0.4, -0.2) is 26.3 Å². The van der Waals surface area contributed by atoms with Crippen molar-refractivity contribution in [3.63, 3.8) is 0 Å². The lowest BCUT2D eigenvalue weighted by molar-refractivity contribution is 0.792. The molecule has 0 unspecified atom stereocenters. The first-order valence-corrected chi connectivity index (χ1v) is 6.21. The minimum absolute atomic E-state index is 0.679. The van der Waals surface area contributed by atoms with Gasteiger partial charge in [-0.15, -0.1) is 0 Å². The van der Waals surface area contributed by atoms with Crippen molar-refractivity contribution >= 4 is 17.4 Å². The van der Waals surface area contributed by atoms with Gasteiger partial charge < -0.3 is 5.32 Å². The molecule has 0 atom stereocenters. The summed E-state index contributed by atoms with van der Waals surface area (Å²) in [6.07, 6.45) is 1.53. The van der Waals surface area contributed by atoms with E-state index in [1.165, 1.54) is 6.33 Å². The summed E-state index contributed by atoms with van der Waals surface area (Å²) >= 11 is 6.16. The van der Waals surface area contributed by atoms with Crippen LogP contribution in [0.3, 0.4) is 0 Å². The van der Waals surface area contributed by atoms with Crippen molar-refractivity contribution in [2.24, 2.45) is 0 Å². The van der Waals surface area contributed by atoms with E-state index in [9.17, 15) is 0 Å². The highest BCUT2D eigenvalue weighted by atomic mass is 35.5. The van der Waals surface area contributed by atoms with Crippen LogP contribution >= 0.6 is 11.6 Å². The Labute approximate surface area is 111 Å². The fourth-order valence-electron chi connectivity index (χ4n) is 1.83. The van der Waals surface area contributed by atoms with Gasteiger partial charge in [0, 0.05) is 12.1 Å². The largest absolute Gasteiger partial charge is 0.370 e. The molecule has 2 heterocycles. The van der Waals surface area contributed by atoms with Gasteiger partial charge in [0.05, 0.1) is 16.4 Å². The number of nitrogens with one attached hydrogen (secondary N) is 1. The molecule has 96 valence electrons. The molecule has 0 spiro atoms. The molecule has 0 aliphatic rings. The number of aromatic nitrogens is 4. The SMILES string of the molecule is CCNc1ncnc(-n2nc(C)c(Cl)c2C)c1C. The van der Waals surface area contributed by atoms with Crippen molar-refractivity contribution in [3.05, 3.63) is 28.3 Å². The summed E-state index contributed by atoms with van der Waals surface area (Å²) in [6.45, 7) is 8.62. The van der Waals surface area contributed by atoms with Gasteiger partial charge in [0.25, 0.3) is 0 Å². The van der Waals surface area contributed by atoms with E-state index in [1.54, 1.807) is 4.68 Å².